The van der Waals surface area contributed by atoms with E-state index in [4.69, 9.17) is 9.47 Å². The molecule has 37 heavy (non-hydrogen) atoms. The van der Waals surface area contributed by atoms with E-state index in [9.17, 15) is 19.8 Å². The Bertz CT molecular complexity index is 849. The summed E-state index contributed by atoms with van der Waals surface area (Å²) < 4.78 is 11.7. The fraction of sp³-hybridized carbons (Fsp3) is 0.935. The summed E-state index contributed by atoms with van der Waals surface area (Å²) in [7, 11) is 0. The number of fused-ring (bicyclic) bond motifs is 5. The van der Waals surface area contributed by atoms with Gasteiger partial charge in [0.15, 0.2) is 0 Å². The Hall–Kier alpha value is -1.14. The Morgan fingerprint density at radius 2 is 1.54 bits per heavy atom. The summed E-state index contributed by atoms with van der Waals surface area (Å²) in [6.45, 7) is 13.7. The van der Waals surface area contributed by atoms with Gasteiger partial charge in [0, 0.05) is 19.8 Å². The molecule has 212 valence electrons. The van der Waals surface area contributed by atoms with Gasteiger partial charge in [-0.25, -0.2) is 0 Å². The van der Waals surface area contributed by atoms with Crippen LogP contribution in [0.1, 0.15) is 113 Å². The van der Waals surface area contributed by atoms with Gasteiger partial charge < -0.3 is 19.7 Å². The summed E-state index contributed by atoms with van der Waals surface area (Å²) in [5.74, 6) is 2.12. The number of rotatable bonds is 7. The van der Waals surface area contributed by atoms with Crippen molar-refractivity contribution in [1.29, 1.82) is 0 Å². The van der Waals surface area contributed by atoms with Crippen LogP contribution in [0.4, 0.5) is 0 Å². The van der Waals surface area contributed by atoms with Crippen molar-refractivity contribution >= 4 is 11.9 Å². The first-order valence-corrected chi connectivity index (χ1v) is 14.9. The van der Waals surface area contributed by atoms with Crippen molar-refractivity contribution in [3.63, 3.8) is 0 Å². The number of ether oxygens (including phenoxy) is 2. The van der Waals surface area contributed by atoms with Crippen molar-refractivity contribution < 1.29 is 29.3 Å². The predicted octanol–water partition coefficient (Wildman–Crippen LogP) is 5.67. The van der Waals surface area contributed by atoms with Gasteiger partial charge in [-0.3, -0.25) is 9.59 Å². The maximum atomic E-state index is 12.2. The molecule has 0 aromatic heterocycles. The second kappa shape index (κ2) is 10.4. The van der Waals surface area contributed by atoms with Crippen molar-refractivity contribution in [3.8, 4) is 0 Å². The Balaban J connectivity index is 1.55. The van der Waals surface area contributed by atoms with Gasteiger partial charge in [-0.1, -0.05) is 20.8 Å². The van der Waals surface area contributed by atoms with Gasteiger partial charge in [-0.15, -0.1) is 0 Å². The standard InChI is InChI=1S/C31H52O6/c1-18(27(34)12-13-29(4,5)35)23-8-9-24-22-17-28(37-20(3)33)26-16-21(36-19(2)32)10-14-31(26,7)25(22)11-15-30(23,24)6/h18,21-28,34-35H,8-17H2,1-7H3/t18-,21+,22?,23+,24?,25?,26?,27-,28-,30+,31+/m0/s1. The molecule has 4 rings (SSSR count). The third kappa shape index (κ3) is 5.62. The molecule has 0 saturated heterocycles. The van der Waals surface area contributed by atoms with Crippen LogP contribution in [0.2, 0.25) is 0 Å². The van der Waals surface area contributed by atoms with E-state index in [-0.39, 0.29) is 46.8 Å². The quantitative estimate of drug-likeness (QED) is 0.420. The minimum Gasteiger partial charge on any atom is -0.463 e. The number of carbonyl (C=O) groups is 2. The van der Waals surface area contributed by atoms with Crippen molar-refractivity contribution in [2.24, 2.45) is 46.3 Å². The highest BCUT2D eigenvalue weighted by atomic mass is 16.5. The highest BCUT2D eigenvalue weighted by molar-refractivity contribution is 5.66. The Labute approximate surface area is 224 Å². The van der Waals surface area contributed by atoms with Crippen LogP contribution in [0.3, 0.4) is 0 Å². The average Bonchev–Trinajstić information content (AvgIpc) is 3.14. The van der Waals surface area contributed by atoms with Crippen LogP contribution in [0.15, 0.2) is 0 Å². The van der Waals surface area contributed by atoms with Crippen LogP contribution in [0.25, 0.3) is 0 Å². The fourth-order valence-corrected chi connectivity index (χ4v) is 9.85. The van der Waals surface area contributed by atoms with Gasteiger partial charge in [0.2, 0.25) is 0 Å². The highest BCUT2D eigenvalue weighted by Crippen LogP contribution is 2.68. The molecule has 4 saturated carbocycles. The number of aliphatic hydroxyl groups excluding tert-OH is 1. The summed E-state index contributed by atoms with van der Waals surface area (Å²) in [5, 5.41) is 21.3. The van der Waals surface area contributed by atoms with Gasteiger partial charge in [0.1, 0.15) is 12.2 Å². The third-order valence-corrected chi connectivity index (χ3v) is 11.6. The first kappa shape index (κ1) is 28.9. The first-order chi connectivity index (χ1) is 17.2. The topological polar surface area (TPSA) is 93.1 Å². The number of esters is 2. The Kier molecular flexibility index (Phi) is 8.15. The van der Waals surface area contributed by atoms with Crippen LogP contribution in [-0.2, 0) is 19.1 Å². The second-order valence-corrected chi connectivity index (χ2v) is 14.4. The second-order valence-electron chi connectivity index (χ2n) is 14.4. The zero-order chi connectivity index (χ0) is 27.3. The predicted molar refractivity (Wildman–Crippen MR) is 142 cm³/mol. The van der Waals surface area contributed by atoms with Crippen LogP contribution in [0, 0.1) is 46.3 Å². The molecule has 0 amide bonds. The van der Waals surface area contributed by atoms with Gasteiger partial charge in [-0.2, -0.15) is 0 Å². The normalized spacial score (nSPS) is 43.1. The monoisotopic (exact) mass is 520 g/mol. The maximum Gasteiger partial charge on any atom is 0.302 e. The van der Waals surface area contributed by atoms with E-state index in [1.165, 1.54) is 33.1 Å². The third-order valence-electron chi connectivity index (χ3n) is 11.6. The zero-order valence-corrected chi connectivity index (χ0v) is 24.3. The lowest BCUT2D eigenvalue weighted by Crippen LogP contribution is -2.59. The van der Waals surface area contributed by atoms with E-state index in [2.05, 4.69) is 20.8 Å². The molecule has 0 spiro atoms. The summed E-state index contributed by atoms with van der Waals surface area (Å²) in [6.07, 6.45) is 8.88. The molecule has 2 N–H and O–H groups in total. The molecule has 0 heterocycles. The van der Waals surface area contributed by atoms with Gasteiger partial charge in [-0.05, 0) is 118 Å². The van der Waals surface area contributed by atoms with Gasteiger partial charge >= 0.3 is 11.9 Å². The van der Waals surface area contributed by atoms with E-state index in [1.54, 1.807) is 0 Å². The molecule has 0 radical (unpaired) electrons. The lowest BCUT2D eigenvalue weighted by atomic mass is 9.43. The SMILES string of the molecule is CC(=O)O[C@@H]1CC[C@]2(C)C3CC[C@@]4(C)C(CC[C@@H]4[C@H](C)[C@@H](O)CCC(C)(C)O)C3C[C@H](OC(C)=O)C2C1. The summed E-state index contributed by atoms with van der Waals surface area (Å²) in [4.78, 5) is 23.9. The Morgan fingerprint density at radius 3 is 2.16 bits per heavy atom. The van der Waals surface area contributed by atoms with Gasteiger partial charge in [0.05, 0.1) is 11.7 Å². The van der Waals surface area contributed by atoms with Crippen molar-refractivity contribution in [1.82, 2.24) is 0 Å². The molecular formula is C31H52O6. The molecule has 0 aromatic rings. The molecule has 4 aliphatic carbocycles. The largest absolute Gasteiger partial charge is 0.463 e. The number of hydrogen-bond acceptors (Lipinski definition) is 6. The highest BCUT2D eigenvalue weighted by Gasteiger charge is 2.63. The van der Waals surface area contributed by atoms with Crippen LogP contribution >= 0.6 is 0 Å². The van der Waals surface area contributed by atoms with Crippen LogP contribution in [0.5, 0.6) is 0 Å². The zero-order valence-electron chi connectivity index (χ0n) is 24.3. The molecule has 6 nitrogen and oxygen atoms in total. The number of hydrogen-bond donors (Lipinski definition) is 2. The van der Waals surface area contributed by atoms with Crippen LogP contribution in [-0.4, -0.2) is 46.1 Å². The number of carbonyl (C=O) groups excluding carboxylic acids is 2. The molecule has 4 fully saturated rings. The smallest absolute Gasteiger partial charge is 0.302 e. The minimum absolute atomic E-state index is 0.0803. The molecule has 11 atom stereocenters. The summed E-state index contributed by atoms with van der Waals surface area (Å²) >= 11 is 0. The van der Waals surface area contributed by atoms with Crippen molar-refractivity contribution in [2.75, 3.05) is 0 Å². The molecule has 0 aliphatic heterocycles. The van der Waals surface area contributed by atoms with E-state index in [1.807, 2.05) is 13.8 Å². The fourth-order valence-electron chi connectivity index (χ4n) is 9.85. The molecule has 6 heteroatoms. The maximum absolute atomic E-state index is 12.2. The minimum atomic E-state index is -0.755. The Morgan fingerprint density at radius 1 is 0.919 bits per heavy atom. The molecule has 4 unspecified atom stereocenters. The van der Waals surface area contributed by atoms with E-state index in [0.717, 1.165) is 32.1 Å². The molecule has 4 aliphatic rings. The lowest BCUT2D eigenvalue weighted by Gasteiger charge is -2.62. The van der Waals surface area contributed by atoms with Crippen molar-refractivity contribution in [3.05, 3.63) is 0 Å². The molecule has 0 bridgehead atoms. The number of aliphatic hydroxyl groups is 2. The van der Waals surface area contributed by atoms with Crippen LogP contribution < -0.4 is 0 Å². The van der Waals surface area contributed by atoms with E-state index < -0.39 is 11.7 Å². The van der Waals surface area contributed by atoms with Gasteiger partial charge in [0.25, 0.3) is 0 Å². The van der Waals surface area contributed by atoms with E-state index >= 15 is 0 Å². The first-order valence-electron chi connectivity index (χ1n) is 14.9. The van der Waals surface area contributed by atoms with E-state index in [0.29, 0.717) is 36.5 Å². The lowest BCUT2D eigenvalue weighted by molar-refractivity contribution is -0.197. The summed E-state index contributed by atoms with van der Waals surface area (Å²) in [5.41, 5.74) is -0.499. The summed E-state index contributed by atoms with van der Waals surface area (Å²) in [6, 6.07) is 0. The average molecular weight is 521 g/mol. The van der Waals surface area contributed by atoms with Crippen molar-refractivity contribution in [2.45, 2.75) is 137 Å². The molecule has 0 aromatic carbocycles. The molecular weight excluding hydrogens is 468 g/mol.